The lowest BCUT2D eigenvalue weighted by molar-refractivity contribution is -0.139. The molecule has 196 valence electrons. The van der Waals surface area contributed by atoms with Crippen molar-refractivity contribution in [2.24, 2.45) is 0 Å². The highest BCUT2D eigenvalue weighted by molar-refractivity contribution is 6.30. The summed E-state index contributed by atoms with van der Waals surface area (Å²) in [5.74, 6) is -1.00. The Morgan fingerprint density at radius 1 is 1.05 bits per heavy atom. The Bertz CT molecular complexity index is 1190. The number of urea groups is 1. The number of nitrogens with one attached hydrogen (secondary N) is 1. The van der Waals surface area contributed by atoms with Gasteiger partial charge in [0.15, 0.2) is 0 Å². The topological polar surface area (TPSA) is 82.2 Å². The van der Waals surface area contributed by atoms with Crippen LogP contribution in [0.1, 0.15) is 35.3 Å². The summed E-state index contributed by atoms with van der Waals surface area (Å²) >= 11 is 5.95. The highest BCUT2D eigenvalue weighted by Gasteiger charge is 2.37. The lowest BCUT2D eigenvalue weighted by Crippen LogP contribution is -2.49. The van der Waals surface area contributed by atoms with Crippen molar-refractivity contribution in [3.63, 3.8) is 0 Å². The summed E-state index contributed by atoms with van der Waals surface area (Å²) in [5.41, 5.74) is 2.00. The SMILES string of the molecule is CCOC(=O)C1=C(CN2CCCN(C(=O)c3ccc(Cl)cc3)CC2)N(C)C(=O)NC1c1ccc(F)cc1. The maximum atomic E-state index is 13.6. The van der Waals surface area contributed by atoms with Gasteiger partial charge in [-0.2, -0.15) is 0 Å². The molecule has 4 rings (SSSR count). The molecular weight excluding hydrogens is 499 g/mol. The van der Waals surface area contributed by atoms with Gasteiger partial charge in [-0.1, -0.05) is 23.7 Å². The van der Waals surface area contributed by atoms with Crippen molar-refractivity contribution in [1.29, 1.82) is 0 Å². The van der Waals surface area contributed by atoms with Crippen molar-refractivity contribution in [2.75, 3.05) is 46.4 Å². The number of rotatable bonds is 6. The van der Waals surface area contributed by atoms with Gasteiger partial charge < -0.3 is 15.0 Å². The highest BCUT2D eigenvalue weighted by Crippen LogP contribution is 2.31. The zero-order valence-corrected chi connectivity index (χ0v) is 21.6. The van der Waals surface area contributed by atoms with Crippen LogP contribution in [0.25, 0.3) is 0 Å². The second kappa shape index (κ2) is 11.7. The Morgan fingerprint density at radius 3 is 2.43 bits per heavy atom. The van der Waals surface area contributed by atoms with E-state index in [0.717, 1.165) is 6.42 Å². The summed E-state index contributed by atoms with van der Waals surface area (Å²) in [6.45, 7) is 4.55. The minimum Gasteiger partial charge on any atom is -0.463 e. The van der Waals surface area contributed by atoms with Gasteiger partial charge in [0.1, 0.15) is 5.82 Å². The van der Waals surface area contributed by atoms with E-state index >= 15 is 0 Å². The van der Waals surface area contributed by atoms with Gasteiger partial charge in [-0.05, 0) is 55.3 Å². The molecule has 37 heavy (non-hydrogen) atoms. The monoisotopic (exact) mass is 528 g/mol. The Kier molecular flexibility index (Phi) is 8.45. The van der Waals surface area contributed by atoms with Gasteiger partial charge in [0.2, 0.25) is 0 Å². The average Bonchev–Trinajstić information content (AvgIpc) is 3.13. The number of carbonyl (C=O) groups excluding carboxylic acids is 3. The minimum absolute atomic E-state index is 0.0597. The van der Waals surface area contributed by atoms with Crippen molar-refractivity contribution in [3.05, 3.63) is 81.8 Å². The van der Waals surface area contributed by atoms with Crippen molar-refractivity contribution in [3.8, 4) is 0 Å². The van der Waals surface area contributed by atoms with Crippen molar-refractivity contribution < 1.29 is 23.5 Å². The summed E-state index contributed by atoms with van der Waals surface area (Å²) in [6, 6.07) is 11.4. The molecule has 3 amide bonds. The number of amides is 3. The molecule has 10 heteroatoms. The number of halogens is 2. The van der Waals surface area contributed by atoms with Crippen molar-refractivity contribution >= 4 is 29.5 Å². The van der Waals surface area contributed by atoms with E-state index in [4.69, 9.17) is 16.3 Å². The third-order valence-corrected chi connectivity index (χ3v) is 6.87. The minimum atomic E-state index is -0.770. The van der Waals surface area contributed by atoms with Crippen LogP contribution >= 0.6 is 11.6 Å². The van der Waals surface area contributed by atoms with Crippen molar-refractivity contribution in [2.45, 2.75) is 19.4 Å². The lowest BCUT2D eigenvalue weighted by Gasteiger charge is -2.36. The van der Waals surface area contributed by atoms with E-state index in [1.165, 1.54) is 17.0 Å². The van der Waals surface area contributed by atoms with Gasteiger partial charge in [0.25, 0.3) is 5.91 Å². The van der Waals surface area contributed by atoms with E-state index < -0.39 is 17.8 Å². The first-order valence-corrected chi connectivity index (χ1v) is 12.6. The molecule has 2 aliphatic rings. The van der Waals surface area contributed by atoms with Crippen LogP contribution in [0.3, 0.4) is 0 Å². The van der Waals surface area contributed by atoms with Gasteiger partial charge in [-0.15, -0.1) is 0 Å². The Hall–Kier alpha value is -3.43. The maximum Gasteiger partial charge on any atom is 0.338 e. The molecule has 2 aromatic rings. The summed E-state index contributed by atoms with van der Waals surface area (Å²) in [7, 11) is 1.61. The number of hydrogen-bond acceptors (Lipinski definition) is 5. The first-order valence-electron chi connectivity index (χ1n) is 12.3. The molecule has 2 aliphatic heterocycles. The Labute approximate surface area is 220 Å². The fourth-order valence-corrected chi connectivity index (χ4v) is 4.75. The summed E-state index contributed by atoms with van der Waals surface area (Å²) in [4.78, 5) is 44.4. The number of hydrogen-bond donors (Lipinski definition) is 1. The van der Waals surface area contributed by atoms with Crippen LogP contribution in [0.5, 0.6) is 0 Å². The molecule has 0 spiro atoms. The van der Waals surface area contributed by atoms with Crippen LogP contribution in [0, 0.1) is 5.82 Å². The molecule has 1 N–H and O–H groups in total. The molecule has 0 aromatic heterocycles. The molecule has 0 bridgehead atoms. The molecule has 2 aromatic carbocycles. The molecule has 1 unspecified atom stereocenters. The first-order chi connectivity index (χ1) is 17.8. The number of nitrogens with zero attached hydrogens (tertiary/aromatic N) is 3. The van der Waals surface area contributed by atoms with E-state index in [9.17, 15) is 18.8 Å². The number of likely N-dealkylation sites (N-methyl/N-ethyl adjacent to an activating group) is 1. The second-order valence-electron chi connectivity index (χ2n) is 9.00. The fraction of sp³-hybridized carbons (Fsp3) is 0.370. The van der Waals surface area contributed by atoms with E-state index in [2.05, 4.69) is 10.2 Å². The van der Waals surface area contributed by atoms with Gasteiger partial charge in [0, 0.05) is 56.1 Å². The quantitative estimate of drug-likeness (QED) is 0.576. The third-order valence-electron chi connectivity index (χ3n) is 6.62. The summed E-state index contributed by atoms with van der Waals surface area (Å²) in [5, 5.41) is 3.41. The van der Waals surface area contributed by atoms with Crippen LogP contribution in [-0.2, 0) is 9.53 Å². The maximum absolute atomic E-state index is 13.6. The van der Waals surface area contributed by atoms with Gasteiger partial charge >= 0.3 is 12.0 Å². The Morgan fingerprint density at radius 2 is 1.76 bits per heavy atom. The smallest absolute Gasteiger partial charge is 0.338 e. The molecule has 0 radical (unpaired) electrons. The highest BCUT2D eigenvalue weighted by atomic mass is 35.5. The number of esters is 1. The number of ether oxygens (including phenoxy) is 1. The molecule has 0 saturated carbocycles. The second-order valence-corrected chi connectivity index (χ2v) is 9.44. The van der Waals surface area contributed by atoms with Crippen LogP contribution in [0.2, 0.25) is 5.02 Å². The zero-order chi connectivity index (χ0) is 26.5. The first kappa shape index (κ1) is 26.6. The standard InChI is InChI=1S/C27H30ClFN4O4/c1-3-37-26(35)23-22(31(2)27(36)30-24(23)18-7-11-21(29)12-8-18)17-32-13-4-14-33(16-15-32)25(34)19-5-9-20(28)10-6-19/h5-12,24H,3-4,13-17H2,1-2H3,(H,30,36). The summed E-state index contributed by atoms with van der Waals surface area (Å²) in [6.07, 6.45) is 0.735. The normalized spacial score (nSPS) is 18.9. The van der Waals surface area contributed by atoms with Crippen molar-refractivity contribution in [1.82, 2.24) is 20.0 Å². The molecular formula is C27H30ClFN4O4. The molecule has 1 atom stereocenters. The third kappa shape index (κ3) is 6.11. The number of carbonyl (C=O) groups is 3. The van der Waals surface area contributed by atoms with Crippen LogP contribution in [-0.4, -0.2) is 79.0 Å². The van der Waals surface area contributed by atoms with Gasteiger partial charge in [-0.25, -0.2) is 14.0 Å². The Balaban J connectivity index is 1.58. The molecule has 8 nitrogen and oxygen atoms in total. The predicted octanol–water partition coefficient (Wildman–Crippen LogP) is 3.84. The van der Waals surface area contributed by atoms with E-state index in [1.54, 1.807) is 50.4 Å². The van der Waals surface area contributed by atoms with E-state index in [1.807, 2.05) is 4.90 Å². The number of benzene rings is 2. The lowest BCUT2D eigenvalue weighted by atomic mass is 9.94. The zero-order valence-electron chi connectivity index (χ0n) is 20.9. The molecule has 1 saturated heterocycles. The van der Waals surface area contributed by atoms with E-state index in [-0.39, 0.29) is 18.5 Å². The van der Waals surface area contributed by atoms with Crippen LogP contribution < -0.4 is 5.32 Å². The molecule has 0 aliphatic carbocycles. The molecule has 1 fully saturated rings. The summed E-state index contributed by atoms with van der Waals surface area (Å²) < 4.78 is 18.9. The van der Waals surface area contributed by atoms with Gasteiger partial charge in [0.05, 0.1) is 18.2 Å². The molecule has 2 heterocycles. The largest absolute Gasteiger partial charge is 0.463 e. The van der Waals surface area contributed by atoms with Crippen LogP contribution in [0.15, 0.2) is 59.8 Å². The van der Waals surface area contributed by atoms with Gasteiger partial charge in [-0.3, -0.25) is 14.6 Å². The van der Waals surface area contributed by atoms with E-state index in [0.29, 0.717) is 60.1 Å². The fourth-order valence-electron chi connectivity index (χ4n) is 4.62. The average molecular weight is 529 g/mol. The predicted molar refractivity (Wildman–Crippen MR) is 138 cm³/mol. The van der Waals surface area contributed by atoms with Crippen LogP contribution in [0.4, 0.5) is 9.18 Å².